The summed E-state index contributed by atoms with van der Waals surface area (Å²) in [6.07, 6.45) is 0.782. The van der Waals surface area contributed by atoms with Crippen molar-refractivity contribution < 1.29 is 14.4 Å². The Morgan fingerprint density at radius 2 is 1.58 bits per heavy atom. The molecule has 0 saturated carbocycles. The highest BCUT2D eigenvalue weighted by atomic mass is 16.2. The van der Waals surface area contributed by atoms with Gasteiger partial charge in [0.1, 0.15) is 6.04 Å². The highest BCUT2D eigenvalue weighted by Gasteiger charge is 2.32. The van der Waals surface area contributed by atoms with Crippen molar-refractivity contribution in [3.05, 3.63) is 65.7 Å². The van der Waals surface area contributed by atoms with E-state index >= 15 is 0 Å². The number of nitrogens with zero attached hydrogens (tertiary/aromatic N) is 2. The van der Waals surface area contributed by atoms with Crippen LogP contribution in [-0.4, -0.2) is 66.3 Å². The molecule has 2 aromatic carbocycles. The number of benzene rings is 2. The zero-order chi connectivity index (χ0) is 23.8. The van der Waals surface area contributed by atoms with Crippen molar-refractivity contribution >= 4 is 23.4 Å². The summed E-state index contributed by atoms with van der Waals surface area (Å²) in [5.41, 5.74) is 2.47. The number of rotatable bonds is 8. The largest absolute Gasteiger partial charge is 0.340 e. The fourth-order valence-electron chi connectivity index (χ4n) is 3.86. The number of hydrogen-bond acceptors (Lipinski definition) is 4. The molecular formula is C26H34N4O3. The van der Waals surface area contributed by atoms with Gasteiger partial charge >= 0.3 is 0 Å². The zero-order valence-corrected chi connectivity index (χ0v) is 19.7. The van der Waals surface area contributed by atoms with E-state index in [1.807, 2.05) is 68.1 Å². The standard InChI is InChI=1S/C26H34N4O3/c1-4-20(3)24(28-25(32)21-8-6-5-7-9-21)26(33)30-16-14-29(15-17-30)18-23(31)27-22-12-10-19(2)11-13-22/h5-13,20,24H,4,14-18H2,1-3H3,(H,27,31)(H,28,32)/t20-,24+/m1/s1. The number of nitrogens with one attached hydrogen (secondary N) is 2. The molecule has 176 valence electrons. The fourth-order valence-corrected chi connectivity index (χ4v) is 3.86. The molecule has 0 aliphatic carbocycles. The average Bonchev–Trinajstić information content (AvgIpc) is 2.84. The van der Waals surface area contributed by atoms with Gasteiger partial charge in [0.05, 0.1) is 6.54 Å². The van der Waals surface area contributed by atoms with Crippen molar-refractivity contribution in [3.8, 4) is 0 Å². The number of carbonyl (C=O) groups is 3. The molecule has 0 radical (unpaired) electrons. The van der Waals surface area contributed by atoms with Gasteiger partial charge in [0.2, 0.25) is 11.8 Å². The van der Waals surface area contributed by atoms with E-state index < -0.39 is 6.04 Å². The lowest BCUT2D eigenvalue weighted by Crippen LogP contribution is -2.57. The molecule has 0 unspecified atom stereocenters. The number of aryl methyl sites for hydroxylation is 1. The Balaban J connectivity index is 1.52. The van der Waals surface area contributed by atoms with Crippen molar-refractivity contribution in [1.82, 2.24) is 15.1 Å². The van der Waals surface area contributed by atoms with Crippen molar-refractivity contribution in [2.45, 2.75) is 33.2 Å². The lowest BCUT2D eigenvalue weighted by atomic mass is 9.97. The molecule has 33 heavy (non-hydrogen) atoms. The van der Waals surface area contributed by atoms with Crippen molar-refractivity contribution in [2.75, 3.05) is 38.0 Å². The molecule has 3 rings (SSSR count). The highest BCUT2D eigenvalue weighted by molar-refractivity contribution is 5.97. The van der Waals surface area contributed by atoms with Gasteiger partial charge in [0.15, 0.2) is 0 Å². The van der Waals surface area contributed by atoms with Crippen LogP contribution in [0.25, 0.3) is 0 Å². The van der Waals surface area contributed by atoms with E-state index in [1.54, 1.807) is 17.0 Å². The highest BCUT2D eigenvalue weighted by Crippen LogP contribution is 2.15. The van der Waals surface area contributed by atoms with E-state index in [0.717, 1.165) is 17.7 Å². The quantitative estimate of drug-likeness (QED) is 0.648. The minimum absolute atomic E-state index is 0.0171. The Hall–Kier alpha value is -3.19. The maximum Gasteiger partial charge on any atom is 0.251 e. The van der Waals surface area contributed by atoms with Crippen molar-refractivity contribution in [1.29, 1.82) is 0 Å². The third-order valence-electron chi connectivity index (χ3n) is 6.19. The Morgan fingerprint density at radius 1 is 0.939 bits per heavy atom. The molecule has 1 aliphatic heterocycles. The summed E-state index contributed by atoms with van der Waals surface area (Å²) in [6, 6.07) is 16.1. The van der Waals surface area contributed by atoms with Crippen LogP contribution in [-0.2, 0) is 9.59 Å². The number of amides is 3. The van der Waals surface area contributed by atoms with E-state index in [0.29, 0.717) is 31.7 Å². The minimum atomic E-state index is -0.570. The number of anilines is 1. The molecule has 1 fully saturated rings. The molecule has 2 atom stereocenters. The Kier molecular flexibility index (Phi) is 8.60. The first kappa shape index (κ1) is 24.5. The molecule has 2 N–H and O–H groups in total. The lowest BCUT2D eigenvalue weighted by Gasteiger charge is -2.37. The van der Waals surface area contributed by atoms with Crippen LogP contribution in [0, 0.1) is 12.8 Å². The molecule has 7 heteroatoms. The average molecular weight is 451 g/mol. The van der Waals surface area contributed by atoms with Gasteiger partial charge in [-0.2, -0.15) is 0 Å². The molecule has 1 heterocycles. The van der Waals surface area contributed by atoms with Crippen LogP contribution in [0.15, 0.2) is 54.6 Å². The molecule has 3 amide bonds. The van der Waals surface area contributed by atoms with Gasteiger partial charge in [-0.3, -0.25) is 19.3 Å². The van der Waals surface area contributed by atoms with E-state index in [1.165, 1.54) is 0 Å². The number of carbonyl (C=O) groups excluding carboxylic acids is 3. The summed E-state index contributed by atoms with van der Waals surface area (Å²) >= 11 is 0. The number of piperazine rings is 1. The van der Waals surface area contributed by atoms with Crippen LogP contribution in [0.4, 0.5) is 5.69 Å². The summed E-state index contributed by atoms with van der Waals surface area (Å²) in [5.74, 6) is -0.340. The number of hydrogen-bond donors (Lipinski definition) is 2. The van der Waals surface area contributed by atoms with Crippen LogP contribution >= 0.6 is 0 Å². The third kappa shape index (κ3) is 6.89. The summed E-state index contributed by atoms with van der Waals surface area (Å²) in [4.78, 5) is 42.2. The van der Waals surface area contributed by atoms with Crippen LogP contribution in [0.5, 0.6) is 0 Å². The van der Waals surface area contributed by atoms with E-state index in [4.69, 9.17) is 0 Å². The zero-order valence-electron chi connectivity index (χ0n) is 19.7. The molecule has 0 aromatic heterocycles. The maximum absolute atomic E-state index is 13.3. The summed E-state index contributed by atoms with van der Waals surface area (Å²) in [5, 5.41) is 5.87. The first-order chi connectivity index (χ1) is 15.9. The van der Waals surface area contributed by atoms with Gasteiger partial charge in [-0.1, -0.05) is 56.2 Å². The molecule has 1 aliphatic rings. The van der Waals surface area contributed by atoms with Gasteiger partial charge < -0.3 is 15.5 Å². The SMILES string of the molecule is CC[C@@H](C)[C@H](NC(=O)c1ccccc1)C(=O)N1CCN(CC(=O)Nc2ccc(C)cc2)CC1. The smallest absolute Gasteiger partial charge is 0.251 e. The van der Waals surface area contributed by atoms with Gasteiger partial charge in [0.25, 0.3) is 5.91 Å². The van der Waals surface area contributed by atoms with E-state index in [9.17, 15) is 14.4 Å². The summed E-state index contributed by atoms with van der Waals surface area (Å²) in [6.45, 7) is 8.60. The topological polar surface area (TPSA) is 81.8 Å². The van der Waals surface area contributed by atoms with E-state index in [2.05, 4.69) is 10.6 Å². The molecule has 0 spiro atoms. The predicted molar refractivity (Wildman–Crippen MR) is 130 cm³/mol. The second kappa shape index (κ2) is 11.6. The van der Waals surface area contributed by atoms with Crippen LogP contribution in [0.1, 0.15) is 36.2 Å². The molecule has 0 bridgehead atoms. The molecule has 1 saturated heterocycles. The Bertz CT molecular complexity index is 938. The van der Waals surface area contributed by atoms with Crippen LogP contribution < -0.4 is 10.6 Å². The maximum atomic E-state index is 13.3. The first-order valence-corrected chi connectivity index (χ1v) is 11.6. The van der Waals surface area contributed by atoms with Gasteiger partial charge in [-0.05, 0) is 37.1 Å². The monoisotopic (exact) mass is 450 g/mol. The van der Waals surface area contributed by atoms with Gasteiger partial charge in [-0.25, -0.2) is 0 Å². The van der Waals surface area contributed by atoms with Gasteiger partial charge in [-0.15, -0.1) is 0 Å². The van der Waals surface area contributed by atoms with Gasteiger partial charge in [0, 0.05) is 37.4 Å². The minimum Gasteiger partial charge on any atom is -0.340 e. The fraction of sp³-hybridized carbons (Fsp3) is 0.423. The van der Waals surface area contributed by atoms with Crippen molar-refractivity contribution in [3.63, 3.8) is 0 Å². The normalized spacial score (nSPS) is 16.0. The third-order valence-corrected chi connectivity index (χ3v) is 6.19. The van der Waals surface area contributed by atoms with Crippen LogP contribution in [0.3, 0.4) is 0 Å². The van der Waals surface area contributed by atoms with Crippen LogP contribution in [0.2, 0.25) is 0 Å². The molecule has 2 aromatic rings. The van der Waals surface area contributed by atoms with Crippen molar-refractivity contribution in [2.24, 2.45) is 5.92 Å². The lowest BCUT2D eigenvalue weighted by molar-refractivity contribution is -0.136. The second-order valence-corrected chi connectivity index (χ2v) is 8.72. The summed E-state index contributed by atoms with van der Waals surface area (Å²) in [7, 11) is 0. The van der Waals surface area contributed by atoms with E-state index in [-0.39, 0.29) is 30.2 Å². The second-order valence-electron chi connectivity index (χ2n) is 8.72. The molecular weight excluding hydrogens is 416 g/mol. The Morgan fingerprint density at radius 3 is 2.18 bits per heavy atom. The Labute approximate surface area is 196 Å². The first-order valence-electron chi connectivity index (χ1n) is 11.6. The summed E-state index contributed by atoms with van der Waals surface area (Å²) < 4.78 is 0. The predicted octanol–water partition coefficient (Wildman–Crippen LogP) is 2.92. The molecule has 7 nitrogen and oxygen atoms in total.